The Morgan fingerprint density at radius 1 is 1.05 bits per heavy atom. The summed E-state index contributed by atoms with van der Waals surface area (Å²) in [5.41, 5.74) is 2.80. The number of fused-ring (bicyclic) bond motifs is 1. The molecule has 10 heteroatoms. The van der Waals surface area contributed by atoms with Gasteiger partial charge in [0.25, 0.3) is 0 Å². The summed E-state index contributed by atoms with van der Waals surface area (Å²) in [5, 5.41) is 13.7. The van der Waals surface area contributed by atoms with E-state index < -0.39 is 0 Å². The Kier molecular flexibility index (Phi) is 8.24. The number of piperazine rings is 1. The maximum absolute atomic E-state index is 13.1. The van der Waals surface area contributed by atoms with Crippen molar-refractivity contribution in [1.29, 1.82) is 0 Å². The van der Waals surface area contributed by atoms with Gasteiger partial charge in [-0.2, -0.15) is 0 Å². The number of hydrogen-bond donors (Lipinski definition) is 2. The molecule has 1 aromatic carbocycles. The normalized spacial score (nSPS) is 29.2. The molecule has 2 aromatic heterocycles. The second-order valence-electron chi connectivity index (χ2n) is 12.8. The molecule has 1 saturated heterocycles. The number of amides is 1. The number of rotatable bonds is 8. The molecule has 4 aliphatic rings. The zero-order chi connectivity index (χ0) is 28.6. The first-order valence-corrected chi connectivity index (χ1v) is 16.6. The van der Waals surface area contributed by atoms with E-state index in [1.165, 1.54) is 50.1 Å². The summed E-state index contributed by atoms with van der Waals surface area (Å²) in [6.45, 7) is 6.13. The number of benzene rings is 1. The third-order valence-electron chi connectivity index (χ3n) is 10.0. The molecule has 1 amide bonds. The Labute approximate surface area is 251 Å². The number of aliphatic hydroxyl groups excluding tert-OH is 1. The third kappa shape index (κ3) is 5.97. The average molecular weight is 591 g/mol. The molecule has 9 nitrogen and oxygen atoms in total. The lowest BCUT2D eigenvalue weighted by Crippen LogP contribution is -2.60. The van der Waals surface area contributed by atoms with Gasteiger partial charge in [0.2, 0.25) is 5.91 Å². The Bertz CT molecular complexity index is 1390. The standard InChI is InChI=1S/C32H42N6O3S/c1-20-18-37(24-5-2-3-6-24)11-12-38(20)25-13-22(14-25)31(40)36-32-35-26-10-9-21(15-29(26)42-32)23-16-33-30(34-17-23)19-41-28-8-4-7-27(28)39/h9-10,15-17,20,22,24-25,27-28,39H,2-8,11-14,18-19H2,1H3,(H,35,36,40)/t20?,22?,25?,27-,28-/m0/s1. The van der Waals surface area contributed by atoms with Gasteiger partial charge in [-0.15, -0.1) is 0 Å². The monoisotopic (exact) mass is 590 g/mol. The number of aliphatic hydroxyl groups is 1. The second kappa shape index (κ2) is 12.2. The van der Waals surface area contributed by atoms with Crippen LogP contribution >= 0.6 is 11.3 Å². The zero-order valence-electron chi connectivity index (χ0n) is 24.5. The highest BCUT2D eigenvalue weighted by Gasteiger charge is 2.42. The lowest BCUT2D eigenvalue weighted by Gasteiger charge is -2.50. The van der Waals surface area contributed by atoms with Gasteiger partial charge >= 0.3 is 0 Å². The van der Waals surface area contributed by atoms with Gasteiger partial charge in [-0.25, -0.2) is 15.0 Å². The van der Waals surface area contributed by atoms with Gasteiger partial charge in [-0.3, -0.25) is 14.6 Å². The highest BCUT2D eigenvalue weighted by atomic mass is 32.1. The van der Waals surface area contributed by atoms with Crippen LogP contribution in [0.3, 0.4) is 0 Å². The van der Waals surface area contributed by atoms with Gasteiger partial charge in [0.15, 0.2) is 11.0 Å². The molecule has 4 fully saturated rings. The smallest absolute Gasteiger partial charge is 0.229 e. The van der Waals surface area contributed by atoms with E-state index in [2.05, 4.69) is 43.1 Å². The molecule has 42 heavy (non-hydrogen) atoms. The fourth-order valence-corrected chi connectivity index (χ4v) is 8.35. The molecule has 3 saturated carbocycles. The largest absolute Gasteiger partial charge is 0.390 e. The molecule has 1 unspecified atom stereocenters. The van der Waals surface area contributed by atoms with Gasteiger partial charge in [0, 0.05) is 61.6 Å². The van der Waals surface area contributed by atoms with E-state index in [4.69, 9.17) is 4.74 Å². The van der Waals surface area contributed by atoms with Crippen molar-refractivity contribution in [3.8, 4) is 11.1 Å². The van der Waals surface area contributed by atoms with E-state index in [1.54, 1.807) is 0 Å². The Morgan fingerprint density at radius 3 is 2.60 bits per heavy atom. The average Bonchev–Trinajstić information content (AvgIpc) is 3.73. The summed E-state index contributed by atoms with van der Waals surface area (Å²) in [6, 6.07) is 7.97. The fraction of sp³-hybridized carbons (Fsp3) is 0.625. The van der Waals surface area contributed by atoms with Crippen LogP contribution in [0.4, 0.5) is 5.13 Å². The first-order valence-electron chi connectivity index (χ1n) is 15.8. The fourth-order valence-electron chi connectivity index (χ4n) is 7.44. The molecule has 2 N–H and O–H groups in total. The summed E-state index contributed by atoms with van der Waals surface area (Å²) in [5.74, 6) is 0.772. The van der Waals surface area contributed by atoms with Crippen LogP contribution < -0.4 is 5.32 Å². The molecule has 0 spiro atoms. The van der Waals surface area contributed by atoms with E-state index in [0.717, 1.165) is 66.0 Å². The molecule has 3 aliphatic carbocycles. The van der Waals surface area contributed by atoms with Crippen molar-refractivity contribution in [1.82, 2.24) is 24.8 Å². The molecular formula is C32H42N6O3S. The maximum Gasteiger partial charge on any atom is 0.229 e. The van der Waals surface area contributed by atoms with Gasteiger partial charge < -0.3 is 15.2 Å². The zero-order valence-corrected chi connectivity index (χ0v) is 25.3. The molecule has 224 valence electrons. The highest BCUT2D eigenvalue weighted by molar-refractivity contribution is 7.22. The minimum atomic E-state index is -0.383. The maximum atomic E-state index is 13.1. The Hall–Kier alpha value is -2.50. The summed E-state index contributed by atoms with van der Waals surface area (Å²) in [4.78, 5) is 32.1. The van der Waals surface area contributed by atoms with Crippen LogP contribution in [0.1, 0.15) is 70.5 Å². The number of nitrogens with zero attached hydrogens (tertiary/aromatic N) is 5. The lowest BCUT2D eigenvalue weighted by molar-refractivity contribution is -0.125. The predicted octanol–water partition coefficient (Wildman–Crippen LogP) is 4.85. The van der Waals surface area contributed by atoms with Gasteiger partial charge in [-0.05, 0) is 69.6 Å². The molecule has 3 heterocycles. The quantitative estimate of drug-likeness (QED) is 0.384. The number of anilines is 1. The molecule has 7 rings (SSSR count). The van der Waals surface area contributed by atoms with Crippen molar-refractivity contribution in [3.05, 3.63) is 36.4 Å². The SMILES string of the molecule is CC1CN(C2CCCC2)CCN1C1CC(C(=O)Nc2nc3ccc(-c4cnc(CO[C@H]5CCC[C@@H]5O)nc4)cc3s2)C1. The third-order valence-corrected chi connectivity index (χ3v) is 10.9. The second-order valence-corrected chi connectivity index (χ2v) is 13.8. The van der Waals surface area contributed by atoms with Crippen molar-refractivity contribution in [3.63, 3.8) is 0 Å². The number of aromatic nitrogens is 3. The highest BCUT2D eigenvalue weighted by Crippen LogP contribution is 2.37. The molecule has 3 aromatic rings. The minimum absolute atomic E-state index is 0.0641. The number of ether oxygens (including phenoxy) is 1. The summed E-state index contributed by atoms with van der Waals surface area (Å²) in [7, 11) is 0. The predicted molar refractivity (Wildman–Crippen MR) is 164 cm³/mol. The van der Waals surface area contributed by atoms with Gasteiger partial charge in [0.05, 0.1) is 22.4 Å². The van der Waals surface area contributed by atoms with Gasteiger partial charge in [0.1, 0.15) is 6.61 Å². The van der Waals surface area contributed by atoms with Crippen LogP contribution in [0, 0.1) is 5.92 Å². The van der Waals surface area contributed by atoms with Crippen molar-refractivity contribution >= 4 is 32.6 Å². The van der Waals surface area contributed by atoms with E-state index in [-0.39, 0.29) is 24.0 Å². The van der Waals surface area contributed by atoms with Crippen LogP contribution in [-0.2, 0) is 16.1 Å². The number of hydrogen-bond acceptors (Lipinski definition) is 9. The van der Waals surface area contributed by atoms with Crippen LogP contribution in [0.2, 0.25) is 0 Å². The first-order chi connectivity index (χ1) is 20.5. The van der Waals surface area contributed by atoms with Crippen LogP contribution in [0.25, 0.3) is 21.3 Å². The minimum Gasteiger partial charge on any atom is -0.390 e. The topological polar surface area (TPSA) is 104 Å². The van der Waals surface area contributed by atoms with Crippen molar-refractivity contribution in [2.75, 3.05) is 25.0 Å². The van der Waals surface area contributed by atoms with Crippen LogP contribution in [0.5, 0.6) is 0 Å². The van der Waals surface area contributed by atoms with Crippen LogP contribution in [0.15, 0.2) is 30.6 Å². The summed E-state index contributed by atoms with van der Waals surface area (Å²) >= 11 is 1.51. The molecule has 0 bridgehead atoms. The number of nitrogens with one attached hydrogen (secondary N) is 1. The van der Waals surface area contributed by atoms with E-state index in [9.17, 15) is 9.90 Å². The Balaban J connectivity index is 0.911. The first kappa shape index (κ1) is 28.3. The number of carbonyl (C=O) groups is 1. The lowest BCUT2D eigenvalue weighted by atomic mass is 9.78. The Morgan fingerprint density at radius 2 is 1.86 bits per heavy atom. The molecular weight excluding hydrogens is 548 g/mol. The molecule has 0 radical (unpaired) electrons. The van der Waals surface area contributed by atoms with E-state index in [1.807, 2.05) is 24.5 Å². The van der Waals surface area contributed by atoms with Gasteiger partial charge in [-0.1, -0.05) is 30.2 Å². The van der Waals surface area contributed by atoms with E-state index in [0.29, 0.717) is 29.6 Å². The van der Waals surface area contributed by atoms with E-state index >= 15 is 0 Å². The van der Waals surface area contributed by atoms with Crippen molar-refractivity contribution in [2.45, 2.75) is 102 Å². The van der Waals surface area contributed by atoms with Crippen molar-refractivity contribution in [2.24, 2.45) is 5.92 Å². The molecule has 1 aliphatic heterocycles. The summed E-state index contributed by atoms with van der Waals surface area (Å²) in [6.07, 6.45) is 13.2. The number of thiazole rings is 1. The van der Waals surface area contributed by atoms with Crippen molar-refractivity contribution < 1.29 is 14.6 Å². The number of carbonyl (C=O) groups excluding carboxylic acids is 1. The summed E-state index contributed by atoms with van der Waals surface area (Å²) < 4.78 is 6.83. The van der Waals surface area contributed by atoms with Crippen LogP contribution in [-0.4, -0.2) is 85.7 Å². The molecule has 3 atom stereocenters.